The predicted molar refractivity (Wildman–Crippen MR) is 146 cm³/mol. The number of rotatable bonds is 5. The van der Waals surface area contributed by atoms with Crippen LogP contribution >= 0.6 is 0 Å². The number of amides is 1. The van der Waals surface area contributed by atoms with Gasteiger partial charge in [0.15, 0.2) is 0 Å². The molecular weight excluding hydrogens is 448 g/mol. The van der Waals surface area contributed by atoms with Gasteiger partial charge in [-0.25, -0.2) is 4.98 Å². The van der Waals surface area contributed by atoms with Gasteiger partial charge in [0, 0.05) is 63.1 Å². The van der Waals surface area contributed by atoms with Crippen LogP contribution in [0, 0.1) is 20.8 Å². The third kappa shape index (κ3) is 5.66. The van der Waals surface area contributed by atoms with Crippen LogP contribution in [0.3, 0.4) is 0 Å². The van der Waals surface area contributed by atoms with Crippen molar-refractivity contribution in [2.45, 2.75) is 77.8 Å². The number of hydrogen-bond acceptors (Lipinski definition) is 6. The normalized spacial score (nSPS) is 22.0. The largest absolute Gasteiger partial charge is 0.356 e. The number of carbonyl (C=O) groups excluding carboxylic acids is 1. The average Bonchev–Trinajstić information content (AvgIpc) is 3.15. The summed E-state index contributed by atoms with van der Waals surface area (Å²) in [7, 11) is 0. The molecule has 0 saturated carbocycles. The molecule has 7 nitrogen and oxygen atoms in total. The van der Waals surface area contributed by atoms with Crippen molar-refractivity contribution in [1.29, 1.82) is 0 Å². The van der Waals surface area contributed by atoms with Gasteiger partial charge in [-0.2, -0.15) is 4.98 Å². The van der Waals surface area contributed by atoms with Crippen LogP contribution in [0.4, 0.5) is 11.8 Å². The fourth-order valence-corrected chi connectivity index (χ4v) is 6.42. The highest BCUT2D eigenvalue weighted by molar-refractivity contribution is 5.97. The number of nitrogens with zero attached hydrogens (tertiary/aromatic N) is 5. The van der Waals surface area contributed by atoms with Crippen molar-refractivity contribution in [3.8, 4) is 0 Å². The second-order valence-electron chi connectivity index (χ2n) is 11.1. The molecule has 1 unspecified atom stereocenters. The minimum absolute atomic E-state index is 0.200. The summed E-state index contributed by atoms with van der Waals surface area (Å²) in [5, 5.41) is 3.62. The molecular formula is C29H42N6O. The lowest BCUT2D eigenvalue weighted by Gasteiger charge is -2.37. The Morgan fingerprint density at radius 2 is 1.61 bits per heavy atom. The molecule has 1 aromatic carbocycles. The summed E-state index contributed by atoms with van der Waals surface area (Å²) in [4.78, 5) is 29.8. The van der Waals surface area contributed by atoms with Crippen molar-refractivity contribution in [1.82, 2.24) is 19.8 Å². The van der Waals surface area contributed by atoms with Crippen LogP contribution in [0.25, 0.3) is 0 Å². The number of hydrogen-bond donors (Lipinski definition) is 1. The molecule has 1 N–H and O–H groups in total. The molecule has 0 spiro atoms. The molecule has 194 valence electrons. The van der Waals surface area contributed by atoms with Gasteiger partial charge in [-0.05, 0) is 70.1 Å². The Hall–Kier alpha value is -2.67. The molecule has 0 radical (unpaired) electrons. The van der Waals surface area contributed by atoms with Crippen LogP contribution < -0.4 is 10.2 Å². The lowest BCUT2D eigenvalue weighted by atomic mass is 9.97. The third-order valence-corrected chi connectivity index (χ3v) is 8.28. The number of aromatic nitrogens is 2. The minimum Gasteiger partial charge on any atom is -0.356 e. The highest BCUT2D eigenvalue weighted by Gasteiger charge is 2.33. The van der Waals surface area contributed by atoms with Crippen molar-refractivity contribution < 1.29 is 4.79 Å². The predicted octanol–water partition coefficient (Wildman–Crippen LogP) is 4.57. The summed E-state index contributed by atoms with van der Waals surface area (Å²) in [6, 6.07) is 7.22. The maximum Gasteiger partial charge on any atom is 0.254 e. The standard InChI is InChI=1S/C29H42N6O/c1-21-18-22(2)27(23(3)19-21)28(36)34-16-10-25(11-17-34)35-15-9-24(20-35)31-29-30-12-8-26(32-29)33-13-6-4-5-7-14-33/h8,12,18-19,24-25H,4-7,9-11,13-17,20H2,1-3H3,(H,30,31,32). The molecule has 4 heterocycles. The Morgan fingerprint density at radius 3 is 2.31 bits per heavy atom. The zero-order chi connectivity index (χ0) is 25.1. The number of nitrogens with one attached hydrogen (secondary N) is 1. The molecule has 36 heavy (non-hydrogen) atoms. The van der Waals surface area contributed by atoms with Gasteiger partial charge in [-0.1, -0.05) is 30.5 Å². The minimum atomic E-state index is 0.200. The number of benzene rings is 1. The molecule has 3 fully saturated rings. The van der Waals surface area contributed by atoms with Crippen LogP contribution in [0.2, 0.25) is 0 Å². The Morgan fingerprint density at radius 1 is 0.917 bits per heavy atom. The molecule has 1 aromatic heterocycles. The maximum absolute atomic E-state index is 13.3. The Kier molecular flexibility index (Phi) is 7.75. The smallest absolute Gasteiger partial charge is 0.254 e. The van der Waals surface area contributed by atoms with Gasteiger partial charge in [0.1, 0.15) is 5.82 Å². The topological polar surface area (TPSA) is 64.6 Å². The highest BCUT2D eigenvalue weighted by Crippen LogP contribution is 2.26. The fourth-order valence-electron chi connectivity index (χ4n) is 6.42. The van der Waals surface area contributed by atoms with Gasteiger partial charge in [0.25, 0.3) is 5.91 Å². The van der Waals surface area contributed by atoms with E-state index in [4.69, 9.17) is 4.98 Å². The Bertz CT molecular complexity index is 1030. The van der Waals surface area contributed by atoms with Gasteiger partial charge in [0.2, 0.25) is 5.95 Å². The molecule has 1 atom stereocenters. The first-order valence-electron chi connectivity index (χ1n) is 13.9. The van der Waals surface area contributed by atoms with E-state index in [1.165, 1.54) is 31.2 Å². The van der Waals surface area contributed by atoms with Crippen molar-refractivity contribution in [3.63, 3.8) is 0 Å². The fraction of sp³-hybridized carbons (Fsp3) is 0.621. The number of carbonyl (C=O) groups is 1. The highest BCUT2D eigenvalue weighted by atomic mass is 16.2. The van der Waals surface area contributed by atoms with Gasteiger partial charge in [-0.15, -0.1) is 0 Å². The number of aryl methyl sites for hydroxylation is 3. The van der Waals surface area contributed by atoms with Crippen LogP contribution in [0.5, 0.6) is 0 Å². The van der Waals surface area contributed by atoms with E-state index in [-0.39, 0.29) is 5.91 Å². The zero-order valence-corrected chi connectivity index (χ0v) is 22.3. The lowest BCUT2D eigenvalue weighted by Crippen LogP contribution is -2.46. The van der Waals surface area contributed by atoms with E-state index in [2.05, 4.69) is 57.9 Å². The second-order valence-corrected chi connectivity index (χ2v) is 11.1. The summed E-state index contributed by atoms with van der Waals surface area (Å²) in [5.74, 6) is 2.01. The van der Waals surface area contributed by atoms with E-state index in [9.17, 15) is 4.79 Å². The molecule has 5 rings (SSSR count). The SMILES string of the molecule is Cc1cc(C)c(C(=O)N2CCC(N3CCC(Nc4nccc(N5CCCCCC5)n4)C3)CC2)c(C)c1. The molecule has 0 bridgehead atoms. The van der Waals surface area contributed by atoms with E-state index in [1.807, 2.05) is 12.3 Å². The molecule has 2 aromatic rings. The number of likely N-dealkylation sites (tertiary alicyclic amines) is 2. The Balaban J connectivity index is 1.13. The summed E-state index contributed by atoms with van der Waals surface area (Å²) >= 11 is 0. The summed E-state index contributed by atoms with van der Waals surface area (Å²) in [6.07, 6.45) is 10.2. The van der Waals surface area contributed by atoms with Crippen LogP contribution in [-0.2, 0) is 0 Å². The lowest BCUT2D eigenvalue weighted by molar-refractivity contribution is 0.0642. The van der Waals surface area contributed by atoms with E-state index in [0.29, 0.717) is 12.1 Å². The van der Waals surface area contributed by atoms with Crippen molar-refractivity contribution in [2.75, 3.05) is 49.5 Å². The molecule has 7 heteroatoms. The first kappa shape index (κ1) is 25.0. The molecule has 3 aliphatic rings. The van der Waals surface area contributed by atoms with Gasteiger partial charge in [0.05, 0.1) is 0 Å². The van der Waals surface area contributed by atoms with E-state index in [0.717, 1.165) is 87.0 Å². The summed E-state index contributed by atoms with van der Waals surface area (Å²) in [6.45, 7) is 12.2. The van der Waals surface area contributed by atoms with Crippen LogP contribution in [0.15, 0.2) is 24.4 Å². The molecule has 3 saturated heterocycles. The van der Waals surface area contributed by atoms with E-state index < -0.39 is 0 Å². The van der Waals surface area contributed by atoms with Crippen LogP contribution in [-0.4, -0.2) is 77.0 Å². The van der Waals surface area contributed by atoms with E-state index in [1.54, 1.807) is 0 Å². The van der Waals surface area contributed by atoms with Gasteiger partial charge in [-0.3, -0.25) is 9.69 Å². The Labute approximate surface area is 216 Å². The second kappa shape index (κ2) is 11.2. The average molecular weight is 491 g/mol. The monoisotopic (exact) mass is 490 g/mol. The first-order valence-corrected chi connectivity index (χ1v) is 13.9. The van der Waals surface area contributed by atoms with Gasteiger partial charge >= 0.3 is 0 Å². The van der Waals surface area contributed by atoms with Crippen molar-refractivity contribution in [2.24, 2.45) is 0 Å². The first-order chi connectivity index (χ1) is 17.5. The maximum atomic E-state index is 13.3. The zero-order valence-electron chi connectivity index (χ0n) is 22.3. The molecule has 0 aliphatic carbocycles. The summed E-state index contributed by atoms with van der Waals surface area (Å²) < 4.78 is 0. The number of piperidine rings is 1. The third-order valence-electron chi connectivity index (χ3n) is 8.28. The summed E-state index contributed by atoms with van der Waals surface area (Å²) in [5.41, 5.74) is 4.30. The van der Waals surface area contributed by atoms with Crippen LogP contribution in [0.1, 0.15) is 72.0 Å². The quantitative estimate of drug-likeness (QED) is 0.662. The molecule has 3 aliphatic heterocycles. The van der Waals surface area contributed by atoms with Crippen molar-refractivity contribution in [3.05, 3.63) is 46.6 Å². The van der Waals surface area contributed by atoms with E-state index >= 15 is 0 Å². The number of anilines is 2. The molecule has 1 amide bonds. The van der Waals surface area contributed by atoms with Gasteiger partial charge < -0.3 is 15.1 Å². The van der Waals surface area contributed by atoms with Crippen molar-refractivity contribution >= 4 is 17.7 Å².